The highest BCUT2D eigenvalue weighted by Gasteiger charge is 2.26. The third-order valence-electron chi connectivity index (χ3n) is 3.08. The minimum atomic E-state index is -0.262. The number of hydrogen-bond donors (Lipinski definition) is 1. The molecular weight excluding hydrogens is 287 g/mol. The molecule has 2 rings (SSSR count). The summed E-state index contributed by atoms with van der Waals surface area (Å²) in [5.41, 5.74) is 5.90. The van der Waals surface area contributed by atoms with Crippen LogP contribution in [0.5, 0.6) is 0 Å². The summed E-state index contributed by atoms with van der Waals surface area (Å²) in [7, 11) is 0. The van der Waals surface area contributed by atoms with Crippen LogP contribution in [0, 0.1) is 11.7 Å². The van der Waals surface area contributed by atoms with Crippen molar-refractivity contribution >= 4 is 21.8 Å². The number of nitrogens with zero attached hydrogens (tertiary/aromatic N) is 1. The standard InChI is InChI=1S/C12H14BrFN2O/c13-10-1-2-11(14)9(5-10)7-16-4-3-8(6-16)12(15)17/h1-2,5,8H,3-4,6-7H2,(H2,15,17)/t8-/m1/s1. The number of halogens is 2. The molecule has 1 aliphatic rings. The normalized spacial score (nSPS) is 20.7. The zero-order valence-electron chi connectivity index (χ0n) is 9.33. The van der Waals surface area contributed by atoms with Gasteiger partial charge in [-0.05, 0) is 31.2 Å². The van der Waals surface area contributed by atoms with Gasteiger partial charge in [-0.1, -0.05) is 15.9 Å². The molecule has 1 aliphatic heterocycles. The molecule has 92 valence electrons. The monoisotopic (exact) mass is 300 g/mol. The van der Waals surface area contributed by atoms with Gasteiger partial charge in [0.2, 0.25) is 5.91 Å². The van der Waals surface area contributed by atoms with Crippen LogP contribution in [0.1, 0.15) is 12.0 Å². The number of likely N-dealkylation sites (tertiary alicyclic amines) is 1. The van der Waals surface area contributed by atoms with Gasteiger partial charge in [-0.2, -0.15) is 0 Å². The highest BCUT2D eigenvalue weighted by Crippen LogP contribution is 2.21. The maximum atomic E-state index is 13.5. The second-order valence-corrected chi connectivity index (χ2v) is 5.27. The molecule has 0 radical (unpaired) electrons. The van der Waals surface area contributed by atoms with E-state index < -0.39 is 0 Å². The Bertz CT molecular complexity index is 439. The van der Waals surface area contributed by atoms with Crippen LogP contribution >= 0.6 is 15.9 Å². The summed E-state index contributed by atoms with van der Waals surface area (Å²) >= 11 is 3.32. The molecule has 0 saturated carbocycles. The molecule has 0 bridgehead atoms. The first kappa shape index (κ1) is 12.5. The van der Waals surface area contributed by atoms with Crippen LogP contribution in [0.15, 0.2) is 22.7 Å². The fourth-order valence-electron chi connectivity index (χ4n) is 2.11. The zero-order chi connectivity index (χ0) is 12.4. The van der Waals surface area contributed by atoms with Gasteiger partial charge in [-0.15, -0.1) is 0 Å². The van der Waals surface area contributed by atoms with Crippen LogP contribution in [-0.4, -0.2) is 23.9 Å². The molecule has 1 amide bonds. The van der Waals surface area contributed by atoms with E-state index in [9.17, 15) is 9.18 Å². The van der Waals surface area contributed by atoms with Gasteiger partial charge in [0.05, 0.1) is 5.92 Å². The average molecular weight is 301 g/mol. The molecule has 0 aliphatic carbocycles. The topological polar surface area (TPSA) is 46.3 Å². The average Bonchev–Trinajstić information content (AvgIpc) is 2.72. The first-order valence-corrected chi connectivity index (χ1v) is 6.31. The van der Waals surface area contributed by atoms with Gasteiger partial charge in [0.25, 0.3) is 0 Å². The molecule has 0 unspecified atom stereocenters. The van der Waals surface area contributed by atoms with Gasteiger partial charge in [-0.3, -0.25) is 9.69 Å². The van der Waals surface area contributed by atoms with Crippen molar-refractivity contribution in [3.8, 4) is 0 Å². The Morgan fingerprint density at radius 3 is 3.00 bits per heavy atom. The van der Waals surface area contributed by atoms with E-state index >= 15 is 0 Å². The maximum absolute atomic E-state index is 13.5. The highest BCUT2D eigenvalue weighted by molar-refractivity contribution is 9.10. The summed E-state index contributed by atoms with van der Waals surface area (Å²) in [4.78, 5) is 13.1. The maximum Gasteiger partial charge on any atom is 0.221 e. The molecule has 2 N–H and O–H groups in total. The summed E-state index contributed by atoms with van der Waals surface area (Å²) < 4.78 is 14.4. The fraction of sp³-hybridized carbons (Fsp3) is 0.417. The molecule has 1 aromatic carbocycles. The predicted octanol–water partition coefficient (Wildman–Crippen LogP) is 1.90. The Kier molecular flexibility index (Phi) is 3.79. The van der Waals surface area contributed by atoms with E-state index in [4.69, 9.17) is 5.73 Å². The Morgan fingerprint density at radius 2 is 2.35 bits per heavy atom. The quantitative estimate of drug-likeness (QED) is 0.927. The molecule has 3 nitrogen and oxygen atoms in total. The first-order valence-electron chi connectivity index (χ1n) is 5.52. The van der Waals surface area contributed by atoms with Gasteiger partial charge >= 0.3 is 0 Å². The van der Waals surface area contributed by atoms with Crippen LogP contribution in [-0.2, 0) is 11.3 Å². The number of rotatable bonds is 3. The van der Waals surface area contributed by atoms with Crippen molar-refractivity contribution in [2.75, 3.05) is 13.1 Å². The van der Waals surface area contributed by atoms with Crippen LogP contribution in [0.25, 0.3) is 0 Å². The molecule has 1 atom stereocenters. The Hall–Kier alpha value is -0.940. The van der Waals surface area contributed by atoms with Crippen molar-refractivity contribution in [2.24, 2.45) is 11.7 Å². The summed E-state index contributed by atoms with van der Waals surface area (Å²) in [6.07, 6.45) is 0.769. The summed E-state index contributed by atoms with van der Waals surface area (Å²) in [5, 5.41) is 0. The lowest BCUT2D eigenvalue weighted by Crippen LogP contribution is -2.27. The minimum Gasteiger partial charge on any atom is -0.369 e. The number of carbonyl (C=O) groups is 1. The number of carbonyl (C=O) groups excluding carboxylic acids is 1. The van der Waals surface area contributed by atoms with E-state index in [0.717, 1.165) is 17.4 Å². The second kappa shape index (κ2) is 5.14. The van der Waals surface area contributed by atoms with E-state index in [1.54, 1.807) is 12.1 Å². The molecule has 0 aromatic heterocycles. The zero-order valence-corrected chi connectivity index (χ0v) is 10.9. The van der Waals surface area contributed by atoms with Crippen molar-refractivity contribution in [2.45, 2.75) is 13.0 Å². The van der Waals surface area contributed by atoms with Gasteiger partial charge in [-0.25, -0.2) is 4.39 Å². The van der Waals surface area contributed by atoms with Crippen molar-refractivity contribution < 1.29 is 9.18 Å². The molecule has 1 aromatic rings. The third kappa shape index (κ3) is 3.04. The largest absolute Gasteiger partial charge is 0.369 e. The van der Waals surface area contributed by atoms with Gasteiger partial charge < -0.3 is 5.73 Å². The lowest BCUT2D eigenvalue weighted by atomic mass is 10.1. The molecule has 1 fully saturated rings. The SMILES string of the molecule is NC(=O)[C@@H]1CCN(Cc2cc(Br)ccc2F)C1. The smallest absolute Gasteiger partial charge is 0.221 e. The predicted molar refractivity (Wildman–Crippen MR) is 66.7 cm³/mol. The van der Waals surface area contributed by atoms with E-state index in [0.29, 0.717) is 18.7 Å². The molecule has 5 heteroatoms. The van der Waals surface area contributed by atoms with Crippen LogP contribution < -0.4 is 5.73 Å². The van der Waals surface area contributed by atoms with Crippen molar-refractivity contribution in [1.29, 1.82) is 0 Å². The van der Waals surface area contributed by atoms with E-state index in [1.165, 1.54) is 6.07 Å². The number of primary amides is 1. The lowest BCUT2D eigenvalue weighted by Gasteiger charge is -2.16. The Morgan fingerprint density at radius 1 is 1.59 bits per heavy atom. The summed E-state index contributed by atoms with van der Waals surface area (Å²) in [5.74, 6) is -0.567. The van der Waals surface area contributed by atoms with E-state index in [-0.39, 0.29) is 17.6 Å². The van der Waals surface area contributed by atoms with Gasteiger partial charge in [0, 0.05) is 23.1 Å². The number of amides is 1. The minimum absolute atomic E-state index is 0.0924. The molecule has 1 saturated heterocycles. The highest BCUT2D eigenvalue weighted by atomic mass is 79.9. The number of nitrogens with two attached hydrogens (primary N) is 1. The van der Waals surface area contributed by atoms with E-state index in [2.05, 4.69) is 20.8 Å². The number of benzene rings is 1. The molecule has 0 spiro atoms. The number of hydrogen-bond acceptors (Lipinski definition) is 2. The lowest BCUT2D eigenvalue weighted by molar-refractivity contribution is -0.121. The molecular formula is C12H14BrFN2O. The van der Waals surface area contributed by atoms with Crippen molar-refractivity contribution in [1.82, 2.24) is 4.90 Å². The molecule has 17 heavy (non-hydrogen) atoms. The second-order valence-electron chi connectivity index (χ2n) is 4.36. The van der Waals surface area contributed by atoms with Gasteiger partial charge in [0.1, 0.15) is 5.82 Å². The summed E-state index contributed by atoms with van der Waals surface area (Å²) in [6.45, 7) is 1.94. The van der Waals surface area contributed by atoms with Crippen LogP contribution in [0.4, 0.5) is 4.39 Å². The van der Waals surface area contributed by atoms with Gasteiger partial charge in [0.15, 0.2) is 0 Å². The van der Waals surface area contributed by atoms with Crippen molar-refractivity contribution in [3.63, 3.8) is 0 Å². The Balaban J connectivity index is 2.02. The summed E-state index contributed by atoms with van der Waals surface area (Å²) in [6, 6.07) is 4.89. The third-order valence-corrected chi connectivity index (χ3v) is 3.57. The van der Waals surface area contributed by atoms with Crippen molar-refractivity contribution in [3.05, 3.63) is 34.1 Å². The van der Waals surface area contributed by atoms with Crippen LogP contribution in [0.3, 0.4) is 0 Å². The first-order chi connectivity index (χ1) is 8.06. The molecule has 1 heterocycles. The fourth-order valence-corrected chi connectivity index (χ4v) is 2.52. The Labute approximate surface area is 108 Å². The van der Waals surface area contributed by atoms with E-state index in [1.807, 2.05) is 0 Å². The van der Waals surface area contributed by atoms with Crippen LogP contribution in [0.2, 0.25) is 0 Å².